The highest BCUT2D eigenvalue weighted by atomic mass is 16.5. The summed E-state index contributed by atoms with van der Waals surface area (Å²) >= 11 is 0. The number of carbonyl (C=O) groups excluding carboxylic acids is 1. The van der Waals surface area contributed by atoms with Crippen molar-refractivity contribution in [2.75, 3.05) is 12.4 Å². The molecule has 0 aliphatic carbocycles. The molecule has 1 amide bonds. The number of methoxy groups -OCH3 is 1. The number of hydrogen-bond donors (Lipinski definition) is 1. The van der Waals surface area contributed by atoms with Crippen LogP contribution >= 0.6 is 0 Å². The maximum absolute atomic E-state index is 11.4. The summed E-state index contributed by atoms with van der Waals surface area (Å²) in [7, 11) is 1.62. The van der Waals surface area contributed by atoms with Crippen LogP contribution < -0.4 is 10.1 Å². The predicted molar refractivity (Wildman–Crippen MR) is 61.3 cm³/mol. The van der Waals surface area contributed by atoms with Crippen LogP contribution in [0.1, 0.15) is 25.3 Å². The molecule has 0 aliphatic heterocycles. The Morgan fingerprint density at radius 1 is 1.40 bits per heavy atom. The van der Waals surface area contributed by atoms with Gasteiger partial charge >= 0.3 is 0 Å². The zero-order chi connectivity index (χ0) is 11.3. The summed E-state index contributed by atoms with van der Waals surface area (Å²) in [6.45, 7) is 3.95. The molecule has 0 saturated heterocycles. The third-order valence-electron chi connectivity index (χ3n) is 2.05. The molecular formula is C12H17NO2. The van der Waals surface area contributed by atoms with Crippen molar-refractivity contribution in [1.82, 2.24) is 0 Å². The number of aryl methyl sites for hydroxylation is 1. The van der Waals surface area contributed by atoms with E-state index in [-0.39, 0.29) is 5.91 Å². The zero-order valence-corrected chi connectivity index (χ0v) is 9.46. The summed E-state index contributed by atoms with van der Waals surface area (Å²) in [6, 6.07) is 5.67. The highest BCUT2D eigenvalue weighted by Gasteiger charge is 2.02. The fraction of sp³-hybridized carbons (Fsp3) is 0.417. The number of rotatable bonds is 4. The third kappa shape index (κ3) is 3.62. The first kappa shape index (κ1) is 11.6. The molecule has 0 atom stereocenters. The second-order valence-corrected chi connectivity index (χ2v) is 3.54. The lowest BCUT2D eigenvalue weighted by Crippen LogP contribution is -2.10. The number of benzene rings is 1. The molecule has 1 N–H and O–H groups in total. The Morgan fingerprint density at radius 2 is 2.13 bits per heavy atom. The zero-order valence-electron chi connectivity index (χ0n) is 9.46. The molecule has 82 valence electrons. The van der Waals surface area contributed by atoms with E-state index in [1.54, 1.807) is 7.11 Å². The van der Waals surface area contributed by atoms with E-state index in [4.69, 9.17) is 4.74 Å². The molecule has 3 heteroatoms. The van der Waals surface area contributed by atoms with Crippen LogP contribution in [0.25, 0.3) is 0 Å². The van der Waals surface area contributed by atoms with Gasteiger partial charge in [-0.1, -0.05) is 6.92 Å². The van der Waals surface area contributed by atoms with Crippen LogP contribution in [0.15, 0.2) is 18.2 Å². The van der Waals surface area contributed by atoms with E-state index >= 15 is 0 Å². The normalized spacial score (nSPS) is 9.80. The van der Waals surface area contributed by atoms with Gasteiger partial charge in [0.1, 0.15) is 5.75 Å². The predicted octanol–water partition coefficient (Wildman–Crippen LogP) is 2.74. The van der Waals surface area contributed by atoms with E-state index in [2.05, 4.69) is 5.32 Å². The molecule has 0 heterocycles. The van der Waals surface area contributed by atoms with Gasteiger partial charge in [-0.15, -0.1) is 0 Å². The summed E-state index contributed by atoms with van der Waals surface area (Å²) in [5, 5.41) is 2.84. The molecule has 0 radical (unpaired) electrons. The SMILES string of the molecule is CCCC(=O)Nc1cc(C)cc(OC)c1. The van der Waals surface area contributed by atoms with Gasteiger partial charge in [-0.3, -0.25) is 4.79 Å². The summed E-state index contributed by atoms with van der Waals surface area (Å²) in [6.07, 6.45) is 1.41. The molecule has 0 unspecified atom stereocenters. The lowest BCUT2D eigenvalue weighted by atomic mass is 10.2. The van der Waals surface area contributed by atoms with Crippen molar-refractivity contribution in [2.24, 2.45) is 0 Å². The summed E-state index contributed by atoms with van der Waals surface area (Å²) in [5.41, 5.74) is 1.87. The van der Waals surface area contributed by atoms with E-state index in [1.807, 2.05) is 32.0 Å². The fourth-order valence-electron chi connectivity index (χ4n) is 1.39. The number of carbonyl (C=O) groups is 1. The topological polar surface area (TPSA) is 38.3 Å². The van der Waals surface area contributed by atoms with E-state index in [1.165, 1.54) is 0 Å². The monoisotopic (exact) mass is 207 g/mol. The first-order valence-corrected chi connectivity index (χ1v) is 5.11. The summed E-state index contributed by atoms with van der Waals surface area (Å²) in [4.78, 5) is 11.4. The number of hydrogen-bond acceptors (Lipinski definition) is 2. The quantitative estimate of drug-likeness (QED) is 0.824. The highest BCUT2D eigenvalue weighted by Crippen LogP contribution is 2.20. The van der Waals surface area contributed by atoms with Gasteiger partial charge in [0.05, 0.1) is 7.11 Å². The maximum Gasteiger partial charge on any atom is 0.224 e. The van der Waals surface area contributed by atoms with Gasteiger partial charge in [0.15, 0.2) is 0 Å². The first-order chi connectivity index (χ1) is 7.15. The van der Waals surface area contributed by atoms with Gasteiger partial charge in [0, 0.05) is 18.2 Å². The van der Waals surface area contributed by atoms with Gasteiger partial charge in [-0.25, -0.2) is 0 Å². The second-order valence-electron chi connectivity index (χ2n) is 3.54. The van der Waals surface area contributed by atoms with Crippen molar-refractivity contribution in [3.8, 4) is 5.75 Å². The minimum Gasteiger partial charge on any atom is -0.497 e. The Kier molecular flexibility index (Phi) is 4.16. The van der Waals surface area contributed by atoms with Crippen LogP contribution in [0.2, 0.25) is 0 Å². The van der Waals surface area contributed by atoms with Crippen molar-refractivity contribution < 1.29 is 9.53 Å². The Bertz CT molecular complexity index is 347. The third-order valence-corrected chi connectivity index (χ3v) is 2.05. The molecule has 0 spiro atoms. The molecular weight excluding hydrogens is 190 g/mol. The Morgan fingerprint density at radius 3 is 2.73 bits per heavy atom. The largest absolute Gasteiger partial charge is 0.497 e. The van der Waals surface area contributed by atoms with Crippen LogP contribution in [-0.4, -0.2) is 13.0 Å². The van der Waals surface area contributed by atoms with E-state index < -0.39 is 0 Å². The number of nitrogens with one attached hydrogen (secondary N) is 1. The van der Waals surface area contributed by atoms with Gasteiger partial charge in [-0.05, 0) is 31.0 Å². The van der Waals surface area contributed by atoms with Crippen molar-refractivity contribution in [3.63, 3.8) is 0 Å². The van der Waals surface area contributed by atoms with Crippen molar-refractivity contribution in [2.45, 2.75) is 26.7 Å². The molecule has 1 aromatic rings. The van der Waals surface area contributed by atoms with Crippen molar-refractivity contribution >= 4 is 11.6 Å². The Balaban J connectivity index is 2.76. The number of anilines is 1. The van der Waals surface area contributed by atoms with Crippen LogP contribution in [-0.2, 0) is 4.79 Å². The number of amides is 1. The molecule has 0 saturated carbocycles. The number of ether oxygens (including phenoxy) is 1. The van der Waals surface area contributed by atoms with Gasteiger partial charge in [0.25, 0.3) is 0 Å². The van der Waals surface area contributed by atoms with Gasteiger partial charge in [-0.2, -0.15) is 0 Å². The summed E-state index contributed by atoms with van der Waals surface area (Å²) in [5.74, 6) is 0.812. The molecule has 0 aliphatic rings. The minimum absolute atomic E-state index is 0.0464. The molecule has 15 heavy (non-hydrogen) atoms. The average Bonchev–Trinajstić information content (AvgIpc) is 2.17. The fourth-order valence-corrected chi connectivity index (χ4v) is 1.39. The van der Waals surface area contributed by atoms with E-state index in [0.29, 0.717) is 6.42 Å². The molecule has 3 nitrogen and oxygen atoms in total. The maximum atomic E-state index is 11.4. The second kappa shape index (κ2) is 5.39. The molecule has 0 aromatic heterocycles. The van der Waals surface area contributed by atoms with Crippen LogP contribution in [0, 0.1) is 6.92 Å². The van der Waals surface area contributed by atoms with Crippen molar-refractivity contribution in [3.05, 3.63) is 23.8 Å². The minimum atomic E-state index is 0.0464. The lowest BCUT2D eigenvalue weighted by molar-refractivity contribution is -0.116. The van der Waals surface area contributed by atoms with Crippen molar-refractivity contribution in [1.29, 1.82) is 0 Å². The van der Waals surface area contributed by atoms with Gasteiger partial charge in [0.2, 0.25) is 5.91 Å². The summed E-state index contributed by atoms with van der Waals surface area (Å²) < 4.78 is 5.13. The standard InChI is InChI=1S/C12H17NO2/c1-4-5-12(14)13-10-6-9(2)7-11(8-10)15-3/h6-8H,4-5H2,1-3H3,(H,13,14). The van der Waals surface area contributed by atoms with Crippen LogP contribution in [0.5, 0.6) is 5.75 Å². The molecule has 0 fully saturated rings. The van der Waals surface area contributed by atoms with Crippen LogP contribution in [0.3, 0.4) is 0 Å². The average molecular weight is 207 g/mol. The first-order valence-electron chi connectivity index (χ1n) is 5.11. The Hall–Kier alpha value is -1.51. The smallest absolute Gasteiger partial charge is 0.224 e. The lowest BCUT2D eigenvalue weighted by Gasteiger charge is -2.08. The molecule has 0 bridgehead atoms. The molecule has 1 aromatic carbocycles. The molecule has 1 rings (SSSR count). The van der Waals surface area contributed by atoms with Gasteiger partial charge < -0.3 is 10.1 Å². The Labute approximate surface area is 90.4 Å². The highest BCUT2D eigenvalue weighted by molar-refractivity contribution is 5.90. The van der Waals surface area contributed by atoms with E-state index in [0.717, 1.165) is 23.4 Å². The van der Waals surface area contributed by atoms with Crippen LogP contribution in [0.4, 0.5) is 5.69 Å². The van der Waals surface area contributed by atoms with E-state index in [9.17, 15) is 4.79 Å².